The lowest BCUT2D eigenvalue weighted by atomic mass is 9.82. The van der Waals surface area contributed by atoms with E-state index in [2.05, 4.69) is 84.9 Å². The topological polar surface area (TPSA) is 43.5 Å². The number of hydrogen-bond acceptors (Lipinski definition) is 4. The number of benzene rings is 4. The Balaban J connectivity index is 0.000000234. The minimum absolute atomic E-state index is 0.230. The van der Waals surface area contributed by atoms with E-state index in [0.29, 0.717) is 19.3 Å². The van der Waals surface area contributed by atoms with E-state index in [1.807, 2.05) is 113 Å². The zero-order valence-electron chi connectivity index (χ0n) is 44.8. The fraction of sp³-hybridized carbons (Fsp3) is 0.619. The van der Waals surface area contributed by atoms with Crippen molar-refractivity contribution in [2.45, 2.75) is 178 Å². The highest BCUT2D eigenvalue weighted by Gasteiger charge is 2.49. The molecule has 2 saturated heterocycles. The van der Waals surface area contributed by atoms with Gasteiger partial charge in [0.25, 0.3) is 0 Å². The third kappa shape index (κ3) is 18.0. The molecule has 4 aromatic rings. The summed E-state index contributed by atoms with van der Waals surface area (Å²) in [5.41, 5.74) is 3.86. The smallest absolute Gasteiger partial charge is 0.119 e. The third-order valence-electron chi connectivity index (χ3n) is 14.6. The molecule has 4 aromatic carbocycles. The maximum atomic E-state index is 5.75. The summed E-state index contributed by atoms with van der Waals surface area (Å²) in [6.07, 6.45) is 19.7. The predicted molar refractivity (Wildman–Crippen MR) is 289 cm³/mol. The predicted octanol–water partition coefficient (Wildman–Crippen LogP) is 17.9. The Bertz CT molecular complexity index is 1630. The van der Waals surface area contributed by atoms with Gasteiger partial charge in [-0.05, 0) is 153 Å². The van der Waals surface area contributed by atoms with Gasteiger partial charge < -0.3 is 18.9 Å². The number of rotatable bonds is 9. The highest BCUT2D eigenvalue weighted by molar-refractivity contribution is 5.44. The molecule has 6 aliphatic carbocycles. The quantitative estimate of drug-likeness (QED) is 0.124. The molecule has 374 valence electrons. The third-order valence-corrected chi connectivity index (χ3v) is 14.6. The Kier molecular flexibility index (Phi) is 29.1. The highest BCUT2D eigenvalue weighted by Crippen LogP contribution is 2.59. The minimum Gasteiger partial charge on any atom is -0.491 e. The molecule has 8 aliphatic rings. The molecule has 0 amide bonds. The monoisotopic (exact) mass is 919 g/mol. The summed E-state index contributed by atoms with van der Waals surface area (Å²) in [5, 5.41) is 0. The van der Waals surface area contributed by atoms with Gasteiger partial charge in [0.05, 0.1) is 13.2 Å². The Hall–Kier alpha value is -3.60. The second kappa shape index (κ2) is 33.8. The fourth-order valence-corrected chi connectivity index (χ4v) is 11.9. The second-order valence-corrected chi connectivity index (χ2v) is 17.9. The Morgan fingerprint density at radius 2 is 0.657 bits per heavy atom. The first kappa shape index (κ1) is 57.7. The van der Waals surface area contributed by atoms with Crippen LogP contribution in [-0.4, -0.2) is 38.6 Å². The molecule has 67 heavy (non-hydrogen) atoms. The summed E-state index contributed by atoms with van der Waals surface area (Å²) in [5.74, 6) is 11.6. The number of para-hydroxylation sites is 1. The van der Waals surface area contributed by atoms with E-state index in [1.54, 1.807) is 77.0 Å². The lowest BCUT2D eigenvalue weighted by molar-refractivity contribution is 0.259. The zero-order valence-corrected chi connectivity index (χ0v) is 44.8. The second-order valence-electron chi connectivity index (χ2n) is 17.9. The van der Waals surface area contributed by atoms with Crippen molar-refractivity contribution in [2.24, 2.45) is 47.3 Å². The summed E-state index contributed by atoms with van der Waals surface area (Å²) in [6.45, 7) is 27.0. The first-order chi connectivity index (χ1) is 33.2. The largest absolute Gasteiger partial charge is 0.491 e. The van der Waals surface area contributed by atoms with Crippen molar-refractivity contribution in [1.29, 1.82) is 0 Å². The maximum Gasteiger partial charge on any atom is 0.119 e. The number of epoxide rings is 2. The molecule has 4 nitrogen and oxygen atoms in total. The van der Waals surface area contributed by atoms with Crippen LogP contribution >= 0.6 is 0 Å². The van der Waals surface area contributed by atoms with E-state index in [9.17, 15) is 0 Å². The van der Waals surface area contributed by atoms with E-state index in [4.69, 9.17) is 18.9 Å². The van der Waals surface area contributed by atoms with Crippen molar-refractivity contribution in [3.05, 3.63) is 132 Å². The number of fused-ring (bicyclic) bond motifs is 10. The SMILES string of the molecule is C1CC2C3CCC(C3)C2C1.C1CC2C3CCC(C3)C2C1.CC.CC.CC.CC.CC.CC.c1ccc(C(c2ccccc2)c2ccc(OCC3CO3)cc2)cc1.c1ccc(OCC2CO2)cc1. The van der Waals surface area contributed by atoms with Gasteiger partial charge in [-0.15, -0.1) is 0 Å². The van der Waals surface area contributed by atoms with Crippen molar-refractivity contribution in [1.82, 2.24) is 0 Å². The Morgan fingerprint density at radius 3 is 0.970 bits per heavy atom. The van der Waals surface area contributed by atoms with Gasteiger partial charge in [-0.3, -0.25) is 0 Å². The molecule has 0 radical (unpaired) electrons. The maximum absolute atomic E-state index is 5.75. The first-order valence-electron chi connectivity index (χ1n) is 28.0. The van der Waals surface area contributed by atoms with Gasteiger partial charge in [0.15, 0.2) is 0 Å². The van der Waals surface area contributed by atoms with Crippen LogP contribution in [0.4, 0.5) is 0 Å². The normalized spacial score (nSPS) is 27.0. The van der Waals surface area contributed by atoms with Crippen LogP contribution in [0.15, 0.2) is 115 Å². The van der Waals surface area contributed by atoms with Gasteiger partial charge in [-0.2, -0.15) is 0 Å². The molecule has 0 N–H and O–H groups in total. The van der Waals surface area contributed by atoms with Gasteiger partial charge in [-0.25, -0.2) is 0 Å². The minimum atomic E-state index is 0.230. The highest BCUT2D eigenvalue weighted by atomic mass is 16.6. The van der Waals surface area contributed by atoms with Crippen molar-refractivity contribution in [3.63, 3.8) is 0 Å². The lowest BCUT2D eigenvalue weighted by Crippen LogP contribution is -2.15. The van der Waals surface area contributed by atoms with Crippen molar-refractivity contribution in [3.8, 4) is 11.5 Å². The Labute approximate surface area is 412 Å². The fourth-order valence-electron chi connectivity index (χ4n) is 11.9. The van der Waals surface area contributed by atoms with Crippen LogP contribution in [0.1, 0.15) is 183 Å². The van der Waals surface area contributed by atoms with Crippen LogP contribution in [0.5, 0.6) is 11.5 Å². The summed E-state index contributed by atoms with van der Waals surface area (Å²) < 4.78 is 21.3. The summed E-state index contributed by atoms with van der Waals surface area (Å²) in [7, 11) is 0. The van der Waals surface area contributed by atoms with Gasteiger partial charge in [0.1, 0.15) is 36.9 Å². The molecule has 6 saturated carbocycles. The van der Waals surface area contributed by atoms with Crippen molar-refractivity contribution < 1.29 is 18.9 Å². The van der Waals surface area contributed by atoms with Crippen LogP contribution in [0.25, 0.3) is 0 Å². The van der Waals surface area contributed by atoms with Crippen LogP contribution in [-0.2, 0) is 9.47 Å². The van der Waals surface area contributed by atoms with Crippen LogP contribution < -0.4 is 9.47 Å². The molecule has 2 aliphatic heterocycles. The molecule has 8 fully saturated rings. The summed E-state index contributed by atoms with van der Waals surface area (Å²) in [4.78, 5) is 0. The standard InChI is InChI=1S/C22H20O2.2C10H16.C9H10O2.6C2H6/c1-3-7-17(8-4-1)22(18-9-5-2-6-10-18)19-11-13-20(14-12-19)23-15-21-16-24-21;2*1-2-9-7-4-5-8(6-7)10(9)3-1;1-2-4-8(5-3-1)10-6-9-7-11-9;6*1-2/h1-14,21-22H,15-16H2;2*7-10H,1-6H2;1-5,9H,6-7H2;6*1-2H3. The van der Waals surface area contributed by atoms with E-state index in [0.717, 1.165) is 24.7 Å². The number of ether oxygens (including phenoxy) is 4. The van der Waals surface area contributed by atoms with E-state index >= 15 is 0 Å². The molecular formula is C63H98O4. The molecule has 2 heterocycles. The van der Waals surface area contributed by atoms with Crippen LogP contribution in [0.2, 0.25) is 0 Å². The van der Waals surface area contributed by atoms with Crippen molar-refractivity contribution in [2.75, 3.05) is 26.4 Å². The molecule has 12 rings (SSSR count). The molecule has 10 unspecified atom stereocenters. The van der Waals surface area contributed by atoms with Gasteiger partial charge >= 0.3 is 0 Å². The summed E-state index contributed by atoms with van der Waals surface area (Å²) >= 11 is 0. The van der Waals surface area contributed by atoms with Crippen LogP contribution in [0.3, 0.4) is 0 Å². The number of hydrogen-bond donors (Lipinski definition) is 0. The van der Waals surface area contributed by atoms with Gasteiger partial charge in [0.2, 0.25) is 0 Å². The Morgan fingerprint density at radius 1 is 0.373 bits per heavy atom. The average Bonchev–Trinajstić information content (AvgIpc) is 3.90. The molecule has 0 aromatic heterocycles. The van der Waals surface area contributed by atoms with Gasteiger partial charge in [-0.1, -0.05) is 187 Å². The van der Waals surface area contributed by atoms with Gasteiger partial charge in [0, 0.05) is 5.92 Å². The van der Waals surface area contributed by atoms with E-state index in [1.165, 1.54) is 64.0 Å². The molecule has 10 atom stereocenters. The molecule has 4 heteroatoms. The average molecular weight is 919 g/mol. The molecular weight excluding hydrogens is 821 g/mol. The molecule has 4 bridgehead atoms. The lowest BCUT2D eigenvalue weighted by Gasteiger charge is -2.23. The van der Waals surface area contributed by atoms with E-state index in [-0.39, 0.29) is 12.0 Å². The van der Waals surface area contributed by atoms with Crippen molar-refractivity contribution >= 4 is 0 Å². The molecule has 0 spiro atoms. The first-order valence-corrected chi connectivity index (χ1v) is 28.0. The summed E-state index contributed by atoms with van der Waals surface area (Å²) in [6, 6.07) is 39.5. The van der Waals surface area contributed by atoms with Crippen LogP contribution in [0, 0.1) is 47.3 Å². The zero-order chi connectivity index (χ0) is 48.8. The van der Waals surface area contributed by atoms with E-state index < -0.39 is 0 Å².